The van der Waals surface area contributed by atoms with Crippen LogP contribution in [0.15, 0.2) is 23.1 Å². The number of rotatable bonds is 5. The van der Waals surface area contributed by atoms with Gasteiger partial charge >= 0.3 is 0 Å². The molecule has 0 saturated heterocycles. The lowest BCUT2D eigenvalue weighted by molar-refractivity contribution is 0.200. The molecule has 0 saturated carbocycles. The molecule has 80 valence electrons. The first-order chi connectivity index (χ1) is 7.27. The highest BCUT2D eigenvalue weighted by Gasteiger charge is 2.02. The number of aryl methyl sites for hydroxylation is 1. The largest absolute Gasteiger partial charge is 0.385 e. The van der Waals surface area contributed by atoms with Crippen molar-refractivity contribution in [3.05, 3.63) is 29.3 Å². The molecule has 1 aromatic rings. The normalized spacial score (nSPS) is 9.93. The highest BCUT2D eigenvalue weighted by molar-refractivity contribution is 7.99. The molecule has 0 unspecified atom stereocenters. The predicted molar refractivity (Wildman–Crippen MR) is 63.1 cm³/mol. The molecule has 15 heavy (non-hydrogen) atoms. The van der Waals surface area contributed by atoms with Crippen LogP contribution >= 0.6 is 11.8 Å². The zero-order valence-corrected chi connectivity index (χ0v) is 9.93. The Labute approximate surface area is 95.3 Å². The van der Waals surface area contributed by atoms with Gasteiger partial charge in [0.2, 0.25) is 0 Å². The summed E-state index contributed by atoms with van der Waals surface area (Å²) >= 11 is 1.72. The van der Waals surface area contributed by atoms with E-state index in [1.165, 1.54) is 5.56 Å². The maximum absolute atomic E-state index is 8.92. The van der Waals surface area contributed by atoms with Gasteiger partial charge < -0.3 is 4.74 Å². The van der Waals surface area contributed by atoms with Crippen LogP contribution in [0.1, 0.15) is 17.5 Å². The minimum absolute atomic E-state index is 0.767. The number of benzene rings is 1. The van der Waals surface area contributed by atoms with Crippen LogP contribution in [0, 0.1) is 18.3 Å². The molecule has 1 rings (SSSR count). The minimum atomic E-state index is 0.767. The van der Waals surface area contributed by atoms with Gasteiger partial charge in [0, 0.05) is 24.4 Å². The summed E-state index contributed by atoms with van der Waals surface area (Å²) in [7, 11) is 1.71. The summed E-state index contributed by atoms with van der Waals surface area (Å²) in [4.78, 5) is 1.08. The molecule has 0 aliphatic heterocycles. The third kappa shape index (κ3) is 3.94. The highest BCUT2D eigenvalue weighted by Crippen LogP contribution is 2.24. The van der Waals surface area contributed by atoms with Crippen molar-refractivity contribution in [2.24, 2.45) is 0 Å². The Morgan fingerprint density at radius 3 is 2.93 bits per heavy atom. The van der Waals surface area contributed by atoms with E-state index in [0.29, 0.717) is 0 Å². The molecule has 1 aromatic carbocycles. The molecule has 0 bridgehead atoms. The topological polar surface area (TPSA) is 33.0 Å². The second-order valence-corrected chi connectivity index (χ2v) is 4.44. The predicted octanol–water partition coefficient (Wildman–Crippen LogP) is 3.00. The molecule has 3 heteroatoms. The summed E-state index contributed by atoms with van der Waals surface area (Å²) in [5.41, 5.74) is 1.96. The maximum Gasteiger partial charge on any atom is 0.100 e. The van der Waals surface area contributed by atoms with Gasteiger partial charge in [0.1, 0.15) is 6.07 Å². The summed E-state index contributed by atoms with van der Waals surface area (Å²) in [5.74, 6) is 0.992. The smallest absolute Gasteiger partial charge is 0.100 e. The summed E-state index contributed by atoms with van der Waals surface area (Å²) in [6.45, 7) is 2.82. The lowest BCUT2D eigenvalue weighted by atomic mass is 10.2. The van der Waals surface area contributed by atoms with E-state index in [-0.39, 0.29) is 0 Å². The first kappa shape index (κ1) is 12.1. The van der Waals surface area contributed by atoms with Gasteiger partial charge in [0.25, 0.3) is 0 Å². The minimum Gasteiger partial charge on any atom is -0.385 e. The van der Waals surface area contributed by atoms with Gasteiger partial charge in [0.05, 0.1) is 5.56 Å². The quantitative estimate of drug-likeness (QED) is 0.566. The fourth-order valence-electron chi connectivity index (χ4n) is 1.23. The molecule has 2 nitrogen and oxygen atoms in total. The number of hydrogen-bond donors (Lipinski definition) is 0. The summed E-state index contributed by atoms with van der Waals surface area (Å²) in [6.07, 6.45) is 1.01. The molecular weight excluding hydrogens is 206 g/mol. The second kappa shape index (κ2) is 6.49. The molecule has 0 spiro atoms. The van der Waals surface area contributed by atoms with Crippen molar-refractivity contribution in [3.8, 4) is 6.07 Å². The average Bonchev–Trinajstić information content (AvgIpc) is 2.25. The third-order valence-corrected chi connectivity index (χ3v) is 3.15. The van der Waals surface area contributed by atoms with Crippen LogP contribution in [0.2, 0.25) is 0 Å². The number of hydrogen-bond acceptors (Lipinski definition) is 3. The van der Waals surface area contributed by atoms with Gasteiger partial charge in [0.15, 0.2) is 0 Å². The Balaban J connectivity index is 2.59. The van der Waals surface area contributed by atoms with Crippen molar-refractivity contribution in [2.45, 2.75) is 18.2 Å². The van der Waals surface area contributed by atoms with Crippen molar-refractivity contribution in [1.82, 2.24) is 0 Å². The zero-order valence-electron chi connectivity index (χ0n) is 9.12. The molecule has 0 atom stereocenters. The number of nitriles is 1. The summed E-state index contributed by atoms with van der Waals surface area (Å²) in [5, 5.41) is 8.92. The van der Waals surface area contributed by atoms with Crippen LogP contribution in [0.4, 0.5) is 0 Å². The lowest BCUT2D eigenvalue weighted by Gasteiger charge is -2.04. The van der Waals surface area contributed by atoms with Gasteiger partial charge in [-0.05, 0) is 31.0 Å². The van der Waals surface area contributed by atoms with E-state index in [1.54, 1.807) is 18.9 Å². The monoisotopic (exact) mass is 221 g/mol. The summed E-state index contributed by atoms with van der Waals surface area (Å²) in [6, 6.07) is 8.13. The van der Waals surface area contributed by atoms with E-state index in [0.717, 1.165) is 29.2 Å². The van der Waals surface area contributed by atoms with Crippen LogP contribution in [-0.2, 0) is 4.74 Å². The summed E-state index contributed by atoms with van der Waals surface area (Å²) < 4.78 is 4.98. The molecular formula is C12H15NOS. The van der Waals surface area contributed by atoms with E-state index < -0.39 is 0 Å². The fourth-order valence-corrected chi connectivity index (χ4v) is 2.25. The van der Waals surface area contributed by atoms with E-state index in [2.05, 4.69) is 12.1 Å². The van der Waals surface area contributed by atoms with Gasteiger partial charge in [-0.1, -0.05) is 6.07 Å². The van der Waals surface area contributed by atoms with Crippen LogP contribution in [0.25, 0.3) is 0 Å². The van der Waals surface area contributed by atoms with Gasteiger partial charge in [-0.15, -0.1) is 11.8 Å². The first-order valence-corrected chi connectivity index (χ1v) is 5.89. The van der Waals surface area contributed by atoms with Gasteiger partial charge in [-0.2, -0.15) is 5.26 Å². The van der Waals surface area contributed by atoms with Crippen LogP contribution in [0.3, 0.4) is 0 Å². The van der Waals surface area contributed by atoms with Crippen molar-refractivity contribution in [2.75, 3.05) is 19.5 Å². The molecule has 0 aliphatic rings. The Bertz CT molecular complexity index is 357. The van der Waals surface area contributed by atoms with Crippen molar-refractivity contribution < 1.29 is 4.74 Å². The first-order valence-electron chi connectivity index (χ1n) is 4.90. The molecule has 0 fully saturated rings. The number of methoxy groups -OCH3 is 1. The number of thioether (sulfide) groups is 1. The van der Waals surface area contributed by atoms with E-state index in [4.69, 9.17) is 10.00 Å². The Kier molecular flexibility index (Phi) is 5.23. The molecule has 0 heterocycles. The lowest BCUT2D eigenvalue weighted by Crippen LogP contribution is -1.91. The molecule has 0 aromatic heterocycles. The maximum atomic E-state index is 8.92. The highest BCUT2D eigenvalue weighted by atomic mass is 32.2. The van der Waals surface area contributed by atoms with Gasteiger partial charge in [-0.3, -0.25) is 0 Å². The number of nitrogens with zero attached hydrogens (tertiary/aromatic N) is 1. The SMILES string of the molecule is COCCCSc1cc(C)ccc1C#N. The molecule has 0 N–H and O–H groups in total. The number of ether oxygens (including phenoxy) is 1. The second-order valence-electron chi connectivity index (χ2n) is 3.31. The Morgan fingerprint density at radius 1 is 1.47 bits per heavy atom. The van der Waals surface area contributed by atoms with Crippen molar-refractivity contribution in [3.63, 3.8) is 0 Å². The fraction of sp³-hybridized carbons (Fsp3) is 0.417. The van der Waals surface area contributed by atoms with Crippen molar-refractivity contribution in [1.29, 1.82) is 5.26 Å². The Hall–Kier alpha value is -0.980. The van der Waals surface area contributed by atoms with Crippen LogP contribution in [0.5, 0.6) is 0 Å². The van der Waals surface area contributed by atoms with Crippen LogP contribution in [-0.4, -0.2) is 19.5 Å². The van der Waals surface area contributed by atoms with E-state index in [1.807, 2.05) is 19.1 Å². The zero-order chi connectivity index (χ0) is 11.1. The van der Waals surface area contributed by atoms with E-state index in [9.17, 15) is 0 Å². The average molecular weight is 221 g/mol. The molecule has 0 amide bonds. The van der Waals surface area contributed by atoms with E-state index >= 15 is 0 Å². The van der Waals surface area contributed by atoms with Crippen molar-refractivity contribution >= 4 is 11.8 Å². The van der Waals surface area contributed by atoms with Crippen LogP contribution < -0.4 is 0 Å². The third-order valence-electron chi connectivity index (χ3n) is 2.01. The standard InChI is InChI=1S/C12H15NOS/c1-10-4-5-11(9-13)12(8-10)15-7-3-6-14-2/h4-5,8H,3,6-7H2,1-2H3. The molecule has 0 radical (unpaired) electrons. The van der Waals surface area contributed by atoms with Gasteiger partial charge in [-0.25, -0.2) is 0 Å². The molecule has 0 aliphatic carbocycles. The Morgan fingerprint density at radius 2 is 2.27 bits per heavy atom.